The fourth-order valence-electron chi connectivity index (χ4n) is 8.33. The predicted molar refractivity (Wildman–Crippen MR) is 134 cm³/mol. The number of benzene rings is 1. The maximum absolute atomic E-state index is 13.9. The van der Waals surface area contributed by atoms with E-state index in [4.69, 9.17) is 23.7 Å². The van der Waals surface area contributed by atoms with E-state index in [2.05, 4.69) is 0 Å². The lowest BCUT2D eigenvalue weighted by atomic mass is 9.48. The van der Waals surface area contributed by atoms with E-state index >= 15 is 0 Å². The molecule has 0 radical (unpaired) electrons. The maximum Gasteiger partial charge on any atom is 0.344 e. The molecule has 1 N–H and O–H groups in total. The minimum absolute atomic E-state index is 0.0565. The summed E-state index contributed by atoms with van der Waals surface area (Å²) in [6, 6.07) is 3.80. The molecule has 11 heteroatoms. The zero-order chi connectivity index (χ0) is 27.6. The van der Waals surface area contributed by atoms with Gasteiger partial charge in [-0.25, -0.2) is 4.79 Å². The first-order valence-electron chi connectivity index (χ1n) is 12.9. The van der Waals surface area contributed by atoms with Crippen LogP contribution in [0.3, 0.4) is 0 Å². The van der Waals surface area contributed by atoms with Crippen molar-refractivity contribution in [3.05, 3.63) is 23.8 Å². The van der Waals surface area contributed by atoms with Gasteiger partial charge in [0.25, 0.3) is 0 Å². The molecule has 3 fully saturated rings. The van der Waals surface area contributed by atoms with Crippen LogP contribution in [0.1, 0.15) is 38.7 Å². The second-order valence-electron chi connectivity index (χ2n) is 10.8. The van der Waals surface area contributed by atoms with Crippen LogP contribution in [0.15, 0.2) is 18.2 Å². The number of hydrogen-bond donors (Lipinski definition) is 1. The molecule has 1 spiro atoms. The second kappa shape index (κ2) is 9.10. The topological polar surface area (TPSA) is 124 Å². The SMILES string of the molecule is CC[C@]12C[C@H](COCOC)N3C(=O)C[C@@]4(c5ccc(OC)cc5N(C)[C@H]4[C@@](O)(C(=O)OC)[C@@H]1OC(C)=O)[C@@H]32. The van der Waals surface area contributed by atoms with E-state index in [-0.39, 0.29) is 31.8 Å². The predicted octanol–water partition coefficient (Wildman–Crippen LogP) is 0.991. The summed E-state index contributed by atoms with van der Waals surface area (Å²) in [6.07, 6.45) is -0.401. The molecule has 5 rings (SSSR count). The Kier molecular flexibility index (Phi) is 6.39. The fraction of sp³-hybridized carbons (Fsp3) is 0.667. The number of fused-ring (bicyclic) bond motifs is 1. The van der Waals surface area contributed by atoms with Crippen molar-refractivity contribution in [1.82, 2.24) is 4.90 Å². The first-order valence-corrected chi connectivity index (χ1v) is 12.9. The number of hydrogen-bond acceptors (Lipinski definition) is 10. The molecule has 1 amide bonds. The van der Waals surface area contributed by atoms with Gasteiger partial charge in [0.2, 0.25) is 11.5 Å². The van der Waals surface area contributed by atoms with Crippen LogP contribution in [0.25, 0.3) is 0 Å². The van der Waals surface area contributed by atoms with Gasteiger partial charge in [-0.2, -0.15) is 0 Å². The third-order valence-electron chi connectivity index (χ3n) is 9.32. The Morgan fingerprint density at radius 1 is 1.18 bits per heavy atom. The zero-order valence-corrected chi connectivity index (χ0v) is 22.7. The van der Waals surface area contributed by atoms with Gasteiger partial charge in [-0.15, -0.1) is 0 Å². The molecule has 0 unspecified atom stereocenters. The van der Waals surface area contributed by atoms with E-state index < -0.39 is 46.6 Å². The minimum atomic E-state index is -2.27. The van der Waals surface area contributed by atoms with Gasteiger partial charge in [-0.05, 0) is 24.5 Å². The molecule has 3 aliphatic heterocycles. The smallest absolute Gasteiger partial charge is 0.344 e. The Bertz CT molecular complexity index is 1160. The average molecular weight is 533 g/mol. The van der Waals surface area contributed by atoms with Crippen LogP contribution in [-0.4, -0.2) is 99.5 Å². The van der Waals surface area contributed by atoms with Crippen LogP contribution in [-0.2, 0) is 38.7 Å². The highest BCUT2D eigenvalue weighted by Gasteiger charge is 2.84. The van der Waals surface area contributed by atoms with Gasteiger partial charge in [0.15, 0.2) is 6.10 Å². The van der Waals surface area contributed by atoms with Crippen LogP contribution in [0.4, 0.5) is 5.69 Å². The van der Waals surface area contributed by atoms with Gasteiger partial charge < -0.3 is 38.6 Å². The summed E-state index contributed by atoms with van der Waals surface area (Å²) in [6.45, 7) is 3.45. The summed E-state index contributed by atoms with van der Waals surface area (Å²) in [4.78, 5) is 43.8. The van der Waals surface area contributed by atoms with Crippen molar-refractivity contribution < 1.29 is 43.2 Å². The van der Waals surface area contributed by atoms with E-state index in [0.717, 1.165) is 11.3 Å². The first-order chi connectivity index (χ1) is 18.1. The summed E-state index contributed by atoms with van der Waals surface area (Å²) in [5.41, 5.74) is -2.64. The van der Waals surface area contributed by atoms with Crippen LogP contribution in [0.5, 0.6) is 5.75 Å². The minimum Gasteiger partial charge on any atom is -0.497 e. The van der Waals surface area contributed by atoms with E-state index in [0.29, 0.717) is 18.6 Å². The standard InChI is InChI=1S/C27H36N2O9/c1-7-25-11-16(13-37-14-34-4)29-20(31)12-26(21(25)29)18-9-8-17(35-5)10-19(18)28(3)22(26)27(33,24(32)36-6)23(25)38-15(2)30/h8-10,16,21-23,33H,7,11-14H2,1-6H3/t16-,21+,22-,23-,25-,26-,27+/m1/s1. The van der Waals surface area contributed by atoms with Crippen molar-refractivity contribution in [2.45, 2.75) is 68.4 Å². The number of esters is 2. The highest BCUT2D eigenvalue weighted by Crippen LogP contribution is 2.70. The molecule has 11 nitrogen and oxygen atoms in total. The Morgan fingerprint density at radius 2 is 1.92 bits per heavy atom. The summed E-state index contributed by atoms with van der Waals surface area (Å²) in [5.74, 6) is -1.04. The lowest BCUT2D eigenvalue weighted by molar-refractivity contribution is -0.229. The summed E-state index contributed by atoms with van der Waals surface area (Å²) >= 11 is 0. The first kappa shape index (κ1) is 26.7. The molecular formula is C27H36N2O9. The number of carbonyl (C=O) groups excluding carboxylic acids is 3. The van der Waals surface area contributed by atoms with Gasteiger partial charge in [-0.1, -0.05) is 13.0 Å². The maximum atomic E-state index is 13.9. The second-order valence-corrected chi connectivity index (χ2v) is 10.8. The lowest BCUT2D eigenvalue weighted by Gasteiger charge is -2.60. The molecule has 0 bridgehead atoms. The van der Waals surface area contributed by atoms with Crippen LogP contribution in [0, 0.1) is 5.41 Å². The number of ether oxygens (including phenoxy) is 5. The monoisotopic (exact) mass is 532 g/mol. The number of likely N-dealkylation sites (N-methyl/N-ethyl adjacent to an activating group) is 1. The normalized spacial score (nSPS) is 36.6. The number of rotatable bonds is 8. The number of carbonyl (C=O) groups is 3. The molecule has 38 heavy (non-hydrogen) atoms. The van der Waals surface area contributed by atoms with Gasteiger partial charge in [0, 0.05) is 44.7 Å². The van der Waals surface area contributed by atoms with E-state index in [1.807, 2.05) is 34.9 Å². The largest absolute Gasteiger partial charge is 0.497 e. The number of nitrogens with zero attached hydrogens (tertiary/aromatic N) is 2. The molecule has 1 aliphatic carbocycles. The van der Waals surface area contributed by atoms with E-state index in [9.17, 15) is 19.5 Å². The van der Waals surface area contributed by atoms with Crippen molar-refractivity contribution in [3.63, 3.8) is 0 Å². The van der Waals surface area contributed by atoms with Gasteiger partial charge in [0.1, 0.15) is 12.5 Å². The molecule has 208 valence electrons. The van der Waals surface area contributed by atoms with Gasteiger partial charge in [-0.3, -0.25) is 9.59 Å². The van der Waals surface area contributed by atoms with Crippen LogP contribution < -0.4 is 9.64 Å². The molecule has 3 heterocycles. The quantitative estimate of drug-likeness (QED) is 0.294. The number of methoxy groups -OCH3 is 3. The van der Waals surface area contributed by atoms with Crippen molar-refractivity contribution in [3.8, 4) is 5.75 Å². The van der Waals surface area contributed by atoms with Crippen LogP contribution >= 0.6 is 0 Å². The Balaban J connectivity index is 1.82. The van der Waals surface area contributed by atoms with Crippen LogP contribution in [0.2, 0.25) is 0 Å². The fourth-order valence-corrected chi connectivity index (χ4v) is 8.33. The molecule has 1 aromatic carbocycles. The van der Waals surface area contributed by atoms with Gasteiger partial charge >= 0.3 is 11.9 Å². The van der Waals surface area contributed by atoms with Crippen molar-refractivity contribution in [2.75, 3.05) is 46.7 Å². The Hall–Kier alpha value is -2.89. The highest BCUT2D eigenvalue weighted by molar-refractivity contribution is 5.92. The molecule has 1 aromatic rings. The number of aliphatic hydroxyl groups is 1. The number of amides is 1. The van der Waals surface area contributed by atoms with Gasteiger partial charge in [0.05, 0.1) is 44.4 Å². The Labute approximate surface area is 221 Å². The Morgan fingerprint density at radius 3 is 2.53 bits per heavy atom. The third kappa shape index (κ3) is 3.15. The molecular weight excluding hydrogens is 496 g/mol. The van der Waals surface area contributed by atoms with E-state index in [1.54, 1.807) is 14.2 Å². The van der Waals surface area contributed by atoms with Crippen molar-refractivity contribution >= 4 is 23.5 Å². The summed E-state index contributed by atoms with van der Waals surface area (Å²) < 4.78 is 27.4. The van der Waals surface area contributed by atoms with Crippen molar-refractivity contribution in [2.24, 2.45) is 5.41 Å². The average Bonchev–Trinajstić information content (AvgIpc) is 3.49. The van der Waals surface area contributed by atoms with Crippen molar-refractivity contribution in [1.29, 1.82) is 0 Å². The highest BCUT2D eigenvalue weighted by atomic mass is 16.7. The molecule has 0 aromatic heterocycles. The van der Waals surface area contributed by atoms with E-state index in [1.165, 1.54) is 21.1 Å². The molecule has 4 aliphatic rings. The summed E-state index contributed by atoms with van der Waals surface area (Å²) in [7, 11) is 6.07. The summed E-state index contributed by atoms with van der Waals surface area (Å²) in [5, 5.41) is 12.6. The number of anilines is 1. The zero-order valence-electron chi connectivity index (χ0n) is 22.7. The molecule has 7 atom stereocenters. The third-order valence-corrected chi connectivity index (χ3v) is 9.32. The lowest BCUT2D eigenvalue weighted by Crippen LogP contribution is -2.79. The molecule has 2 saturated heterocycles. The molecule has 1 saturated carbocycles.